The van der Waals surface area contributed by atoms with Crippen molar-refractivity contribution in [1.82, 2.24) is 10.3 Å². The van der Waals surface area contributed by atoms with Gasteiger partial charge >= 0.3 is 6.61 Å². The topological polar surface area (TPSA) is 78.9 Å². The fraction of sp³-hybridized carbons (Fsp3) is 0.273. The van der Waals surface area contributed by atoms with E-state index in [1.807, 2.05) is 17.5 Å². The van der Waals surface area contributed by atoms with E-state index in [9.17, 15) is 13.6 Å². The molecular weight excluding hydrogens is 442 g/mol. The highest BCUT2D eigenvalue weighted by atomic mass is 32.1. The van der Waals surface area contributed by atoms with Crippen molar-refractivity contribution in [3.8, 4) is 33.6 Å². The summed E-state index contributed by atoms with van der Waals surface area (Å²) < 4.78 is 44.9. The highest BCUT2D eigenvalue weighted by Gasteiger charge is 2.13. The average molecular weight is 464 g/mol. The maximum Gasteiger partial charge on any atom is 0.387 e. The fourth-order valence-electron chi connectivity index (χ4n) is 2.93. The smallest absolute Gasteiger partial charge is 0.387 e. The minimum Gasteiger partial charge on any atom is -0.493 e. The van der Waals surface area contributed by atoms with Crippen molar-refractivity contribution in [3.05, 3.63) is 53.0 Å². The molecule has 0 atom stereocenters. The van der Waals surface area contributed by atoms with E-state index in [2.05, 4.69) is 15.0 Å². The Morgan fingerprint density at radius 2 is 1.69 bits per heavy atom. The molecule has 0 aliphatic heterocycles. The molecule has 0 aliphatic carbocycles. The van der Waals surface area contributed by atoms with Crippen molar-refractivity contribution in [2.24, 2.45) is 0 Å². The molecule has 0 fully saturated rings. The molecule has 2 aromatic carbocycles. The van der Waals surface area contributed by atoms with Crippen LogP contribution in [-0.2, 0) is 17.8 Å². The number of benzene rings is 2. The SMILES string of the molecule is COc1ccc(-c2nc(CC(=O)NCc3ccc(OC(F)F)c(OC)c3)cs2)cc1OC. The Kier molecular flexibility index (Phi) is 7.82. The summed E-state index contributed by atoms with van der Waals surface area (Å²) in [5, 5.41) is 5.37. The molecule has 1 aromatic heterocycles. The third-order valence-electron chi connectivity index (χ3n) is 4.46. The molecule has 0 spiro atoms. The summed E-state index contributed by atoms with van der Waals surface area (Å²) in [6.07, 6.45) is 0.105. The van der Waals surface area contributed by atoms with Gasteiger partial charge in [0.05, 0.1) is 33.4 Å². The number of thiazole rings is 1. The van der Waals surface area contributed by atoms with Crippen LogP contribution in [0.4, 0.5) is 8.78 Å². The zero-order chi connectivity index (χ0) is 23.1. The zero-order valence-corrected chi connectivity index (χ0v) is 18.5. The predicted molar refractivity (Wildman–Crippen MR) is 116 cm³/mol. The first-order chi connectivity index (χ1) is 15.4. The summed E-state index contributed by atoms with van der Waals surface area (Å²) >= 11 is 1.42. The Morgan fingerprint density at radius 3 is 2.38 bits per heavy atom. The first kappa shape index (κ1) is 23.3. The van der Waals surface area contributed by atoms with Crippen LogP contribution in [0.5, 0.6) is 23.0 Å². The Balaban J connectivity index is 1.60. The summed E-state index contributed by atoms with van der Waals surface area (Å²) in [5.41, 5.74) is 2.18. The number of ether oxygens (including phenoxy) is 4. The number of aromatic nitrogens is 1. The first-order valence-corrected chi connectivity index (χ1v) is 10.4. The maximum absolute atomic E-state index is 12.4. The Hall–Kier alpha value is -3.40. The van der Waals surface area contributed by atoms with Gasteiger partial charge in [-0.1, -0.05) is 6.07 Å². The molecule has 1 heterocycles. The number of alkyl halides is 2. The van der Waals surface area contributed by atoms with E-state index in [-0.39, 0.29) is 30.4 Å². The Labute approximate surface area is 187 Å². The summed E-state index contributed by atoms with van der Waals surface area (Å²) in [7, 11) is 4.49. The van der Waals surface area contributed by atoms with Crippen LogP contribution in [0.2, 0.25) is 0 Å². The van der Waals surface area contributed by atoms with Gasteiger partial charge in [0.2, 0.25) is 5.91 Å². The summed E-state index contributed by atoms with van der Waals surface area (Å²) in [4.78, 5) is 16.9. The molecule has 3 aromatic rings. The van der Waals surface area contributed by atoms with Crippen LogP contribution in [0.25, 0.3) is 10.6 Å². The van der Waals surface area contributed by atoms with Crippen molar-refractivity contribution in [1.29, 1.82) is 0 Å². The molecule has 0 saturated carbocycles. The lowest BCUT2D eigenvalue weighted by Gasteiger charge is -2.11. The van der Waals surface area contributed by atoms with Crippen LogP contribution in [0.15, 0.2) is 41.8 Å². The van der Waals surface area contributed by atoms with E-state index >= 15 is 0 Å². The molecule has 0 bridgehead atoms. The number of nitrogens with one attached hydrogen (secondary N) is 1. The van der Waals surface area contributed by atoms with Gasteiger partial charge in [-0.2, -0.15) is 8.78 Å². The van der Waals surface area contributed by atoms with Crippen LogP contribution < -0.4 is 24.3 Å². The van der Waals surface area contributed by atoms with Gasteiger partial charge in [-0.25, -0.2) is 4.98 Å². The molecule has 10 heteroatoms. The summed E-state index contributed by atoms with van der Waals surface area (Å²) in [5.74, 6) is 1.10. The molecule has 170 valence electrons. The first-order valence-electron chi connectivity index (χ1n) is 9.48. The number of rotatable bonds is 10. The largest absolute Gasteiger partial charge is 0.493 e. The number of halogens is 2. The number of carbonyl (C=O) groups is 1. The number of methoxy groups -OCH3 is 3. The molecule has 3 rings (SSSR count). The number of amides is 1. The number of hydrogen-bond acceptors (Lipinski definition) is 7. The van der Waals surface area contributed by atoms with Gasteiger partial charge in [0.1, 0.15) is 5.01 Å². The minimum absolute atomic E-state index is 0.0669. The van der Waals surface area contributed by atoms with Crippen LogP contribution in [-0.4, -0.2) is 38.8 Å². The summed E-state index contributed by atoms with van der Waals surface area (Å²) in [6.45, 7) is -2.74. The van der Waals surface area contributed by atoms with Crippen molar-refractivity contribution < 1.29 is 32.5 Å². The van der Waals surface area contributed by atoms with Crippen molar-refractivity contribution in [2.45, 2.75) is 19.6 Å². The number of nitrogens with zero attached hydrogens (tertiary/aromatic N) is 1. The zero-order valence-electron chi connectivity index (χ0n) is 17.7. The van der Waals surface area contributed by atoms with Gasteiger partial charge in [-0.3, -0.25) is 4.79 Å². The van der Waals surface area contributed by atoms with E-state index in [0.717, 1.165) is 10.6 Å². The van der Waals surface area contributed by atoms with Crippen LogP contribution in [0.3, 0.4) is 0 Å². The van der Waals surface area contributed by atoms with Crippen LogP contribution >= 0.6 is 11.3 Å². The average Bonchev–Trinajstić information content (AvgIpc) is 3.25. The second kappa shape index (κ2) is 10.8. The third kappa shape index (κ3) is 5.85. The van der Waals surface area contributed by atoms with E-state index in [4.69, 9.17) is 14.2 Å². The molecule has 7 nitrogen and oxygen atoms in total. The van der Waals surface area contributed by atoms with E-state index in [0.29, 0.717) is 22.8 Å². The predicted octanol–water partition coefficient (Wildman–Crippen LogP) is 4.30. The molecule has 0 unspecified atom stereocenters. The third-order valence-corrected chi connectivity index (χ3v) is 5.40. The van der Waals surface area contributed by atoms with Gasteiger partial charge in [0.15, 0.2) is 23.0 Å². The standard InChI is InChI=1S/C22H22F2N2O5S/c1-28-16-7-5-14(9-19(16)30-3)21-26-15(12-32-21)10-20(27)25-11-13-4-6-17(31-22(23)24)18(8-13)29-2/h4-9,12,22H,10-11H2,1-3H3,(H,25,27). The fourth-order valence-corrected chi connectivity index (χ4v) is 3.75. The van der Waals surface area contributed by atoms with Crippen molar-refractivity contribution >= 4 is 17.2 Å². The molecule has 32 heavy (non-hydrogen) atoms. The molecule has 0 radical (unpaired) electrons. The van der Waals surface area contributed by atoms with Crippen LogP contribution in [0.1, 0.15) is 11.3 Å². The van der Waals surface area contributed by atoms with E-state index < -0.39 is 6.61 Å². The van der Waals surface area contributed by atoms with Crippen molar-refractivity contribution in [3.63, 3.8) is 0 Å². The quantitative estimate of drug-likeness (QED) is 0.482. The number of carbonyl (C=O) groups excluding carboxylic acids is 1. The van der Waals surface area contributed by atoms with Gasteiger partial charge < -0.3 is 24.3 Å². The van der Waals surface area contributed by atoms with E-state index in [1.165, 1.54) is 30.6 Å². The van der Waals surface area contributed by atoms with Gasteiger partial charge in [0, 0.05) is 17.5 Å². The molecule has 0 saturated heterocycles. The summed E-state index contributed by atoms with van der Waals surface area (Å²) in [6, 6.07) is 10.00. The number of hydrogen-bond donors (Lipinski definition) is 1. The van der Waals surface area contributed by atoms with Gasteiger partial charge in [-0.05, 0) is 35.9 Å². The van der Waals surface area contributed by atoms with Gasteiger partial charge in [0.25, 0.3) is 0 Å². The van der Waals surface area contributed by atoms with Crippen LogP contribution in [0, 0.1) is 0 Å². The van der Waals surface area contributed by atoms with Crippen molar-refractivity contribution in [2.75, 3.05) is 21.3 Å². The normalized spacial score (nSPS) is 10.7. The highest BCUT2D eigenvalue weighted by Crippen LogP contribution is 2.33. The molecule has 0 aliphatic rings. The Morgan fingerprint density at radius 1 is 1.00 bits per heavy atom. The second-order valence-electron chi connectivity index (χ2n) is 6.53. The lowest BCUT2D eigenvalue weighted by atomic mass is 10.2. The Bertz CT molecular complexity index is 1070. The lowest BCUT2D eigenvalue weighted by molar-refractivity contribution is -0.120. The maximum atomic E-state index is 12.4. The molecule has 1 N–H and O–H groups in total. The highest BCUT2D eigenvalue weighted by molar-refractivity contribution is 7.13. The van der Waals surface area contributed by atoms with Gasteiger partial charge in [-0.15, -0.1) is 11.3 Å². The lowest BCUT2D eigenvalue weighted by Crippen LogP contribution is -2.24. The second-order valence-corrected chi connectivity index (χ2v) is 7.39. The minimum atomic E-state index is -2.95. The molecule has 1 amide bonds. The monoisotopic (exact) mass is 464 g/mol. The molecular formula is C22H22F2N2O5S. The van der Waals surface area contributed by atoms with E-state index in [1.54, 1.807) is 26.4 Å².